The topological polar surface area (TPSA) is 66.8 Å². The smallest absolute Gasteiger partial charge is 0.305 e. The average Bonchev–Trinajstić information content (AvgIpc) is 2.35. The largest absolute Gasteiger partial charge is 0.466 e. The molecule has 0 saturated carbocycles. The molecule has 0 aromatic rings. The Labute approximate surface area is 109 Å². The molecule has 0 aliphatic carbocycles. The molecule has 4 heteroatoms. The standard InChI is InChI=1S/C14H26O4/c15-12-6-3-1-2-4-8-14(17)18-11-5-7-13(16)10-9-12/h12-13,15-16H,1-11H2. The number of aliphatic hydroxyl groups excluding tert-OH is 2. The van der Waals surface area contributed by atoms with Crippen molar-refractivity contribution in [1.29, 1.82) is 0 Å². The zero-order valence-electron chi connectivity index (χ0n) is 11.1. The maximum atomic E-state index is 11.3. The minimum atomic E-state index is -0.386. The van der Waals surface area contributed by atoms with Gasteiger partial charge in [-0.3, -0.25) is 4.79 Å². The normalized spacial score (nSPS) is 30.0. The summed E-state index contributed by atoms with van der Waals surface area (Å²) in [4.78, 5) is 11.3. The van der Waals surface area contributed by atoms with Gasteiger partial charge in [-0.25, -0.2) is 0 Å². The Bertz CT molecular complexity index is 230. The first kappa shape index (κ1) is 15.4. The van der Waals surface area contributed by atoms with E-state index in [1.165, 1.54) is 0 Å². The second-order valence-electron chi connectivity index (χ2n) is 5.20. The molecule has 4 nitrogen and oxygen atoms in total. The van der Waals surface area contributed by atoms with Gasteiger partial charge in [0.25, 0.3) is 0 Å². The van der Waals surface area contributed by atoms with E-state index in [0.717, 1.165) is 32.1 Å². The number of carbonyl (C=O) groups excluding carboxylic acids is 1. The number of carbonyl (C=O) groups is 1. The van der Waals surface area contributed by atoms with Gasteiger partial charge >= 0.3 is 5.97 Å². The Morgan fingerprint density at radius 2 is 1.44 bits per heavy atom. The van der Waals surface area contributed by atoms with Crippen LogP contribution in [-0.2, 0) is 9.53 Å². The second kappa shape index (κ2) is 9.34. The Hall–Kier alpha value is -0.610. The monoisotopic (exact) mass is 258 g/mol. The fraction of sp³-hybridized carbons (Fsp3) is 0.929. The van der Waals surface area contributed by atoms with Gasteiger partial charge in [-0.05, 0) is 38.5 Å². The minimum Gasteiger partial charge on any atom is -0.466 e. The highest BCUT2D eigenvalue weighted by atomic mass is 16.5. The van der Waals surface area contributed by atoms with Crippen LogP contribution in [-0.4, -0.2) is 35.0 Å². The molecule has 2 unspecified atom stereocenters. The number of hydrogen-bond acceptors (Lipinski definition) is 4. The van der Waals surface area contributed by atoms with E-state index in [0.29, 0.717) is 38.7 Å². The zero-order valence-corrected chi connectivity index (χ0v) is 11.1. The first-order valence-corrected chi connectivity index (χ1v) is 7.20. The van der Waals surface area contributed by atoms with Crippen LogP contribution in [0.15, 0.2) is 0 Å². The molecule has 0 spiro atoms. The van der Waals surface area contributed by atoms with Crippen molar-refractivity contribution in [3.05, 3.63) is 0 Å². The van der Waals surface area contributed by atoms with E-state index in [9.17, 15) is 15.0 Å². The van der Waals surface area contributed by atoms with E-state index in [1.807, 2.05) is 0 Å². The van der Waals surface area contributed by atoms with E-state index in [2.05, 4.69) is 0 Å². The van der Waals surface area contributed by atoms with Crippen molar-refractivity contribution in [2.45, 2.75) is 76.4 Å². The van der Waals surface area contributed by atoms with Crippen LogP contribution in [0.5, 0.6) is 0 Å². The summed E-state index contributed by atoms with van der Waals surface area (Å²) in [5, 5.41) is 19.5. The molecule has 1 rings (SSSR count). The van der Waals surface area contributed by atoms with Gasteiger partial charge in [-0.1, -0.05) is 19.3 Å². The fourth-order valence-corrected chi connectivity index (χ4v) is 2.25. The fourth-order valence-electron chi connectivity index (χ4n) is 2.25. The van der Waals surface area contributed by atoms with Crippen LogP contribution in [0.3, 0.4) is 0 Å². The lowest BCUT2D eigenvalue weighted by molar-refractivity contribution is -0.144. The molecule has 1 fully saturated rings. The van der Waals surface area contributed by atoms with Gasteiger partial charge in [-0.2, -0.15) is 0 Å². The first-order valence-electron chi connectivity index (χ1n) is 7.20. The lowest BCUT2D eigenvalue weighted by atomic mass is 10.0. The number of ether oxygens (including phenoxy) is 1. The Morgan fingerprint density at radius 3 is 2.17 bits per heavy atom. The predicted molar refractivity (Wildman–Crippen MR) is 69.1 cm³/mol. The number of cyclic esters (lactones) is 1. The summed E-state index contributed by atoms with van der Waals surface area (Å²) in [6.07, 6.45) is 7.19. The molecule has 0 aromatic heterocycles. The van der Waals surface area contributed by atoms with Crippen LogP contribution in [0.1, 0.15) is 64.2 Å². The molecule has 0 amide bonds. The SMILES string of the molecule is O=C1CCCCCCC(O)CCC(O)CCCO1. The molecule has 1 aliphatic heterocycles. The molecule has 18 heavy (non-hydrogen) atoms. The van der Waals surface area contributed by atoms with E-state index in [-0.39, 0.29) is 18.2 Å². The van der Waals surface area contributed by atoms with Gasteiger partial charge in [-0.15, -0.1) is 0 Å². The molecule has 106 valence electrons. The summed E-state index contributed by atoms with van der Waals surface area (Å²) in [7, 11) is 0. The zero-order chi connectivity index (χ0) is 13.2. The molecular weight excluding hydrogens is 232 g/mol. The van der Waals surface area contributed by atoms with Crippen LogP contribution in [0, 0.1) is 0 Å². The molecule has 1 saturated heterocycles. The van der Waals surface area contributed by atoms with Gasteiger partial charge < -0.3 is 14.9 Å². The number of esters is 1. The highest BCUT2D eigenvalue weighted by molar-refractivity contribution is 5.69. The average molecular weight is 258 g/mol. The van der Waals surface area contributed by atoms with E-state index in [4.69, 9.17) is 4.74 Å². The van der Waals surface area contributed by atoms with Crippen LogP contribution in [0.25, 0.3) is 0 Å². The van der Waals surface area contributed by atoms with Crippen molar-refractivity contribution in [3.63, 3.8) is 0 Å². The second-order valence-corrected chi connectivity index (χ2v) is 5.20. The van der Waals surface area contributed by atoms with Crippen LogP contribution in [0.4, 0.5) is 0 Å². The van der Waals surface area contributed by atoms with Crippen molar-refractivity contribution in [2.24, 2.45) is 0 Å². The summed E-state index contributed by atoms with van der Waals surface area (Å²) in [6.45, 7) is 0.401. The van der Waals surface area contributed by atoms with Gasteiger partial charge in [0.1, 0.15) is 0 Å². The van der Waals surface area contributed by atoms with E-state index >= 15 is 0 Å². The molecule has 2 N–H and O–H groups in total. The van der Waals surface area contributed by atoms with Gasteiger partial charge in [0, 0.05) is 6.42 Å². The summed E-state index contributed by atoms with van der Waals surface area (Å²) in [5.74, 6) is -0.126. The number of aliphatic hydroxyl groups is 2. The molecule has 2 atom stereocenters. The van der Waals surface area contributed by atoms with Crippen molar-refractivity contribution in [3.8, 4) is 0 Å². The third-order valence-corrected chi connectivity index (χ3v) is 3.45. The summed E-state index contributed by atoms with van der Waals surface area (Å²) in [5.41, 5.74) is 0. The first-order chi connectivity index (χ1) is 8.68. The third kappa shape index (κ3) is 7.67. The van der Waals surface area contributed by atoms with Gasteiger partial charge in [0.05, 0.1) is 18.8 Å². The molecule has 0 bridgehead atoms. The number of hydrogen-bond donors (Lipinski definition) is 2. The summed E-state index contributed by atoms with van der Waals surface area (Å²) < 4.78 is 5.09. The van der Waals surface area contributed by atoms with Gasteiger partial charge in [0.15, 0.2) is 0 Å². The van der Waals surface area contributed by atoms with E-state index in [1.54, 1.807) is 0 Å². The highest BCUT2D eigenvalue weighted by Gasteiger charge is 2.11. The lowest BCUT2D eigenvalue weighted by Gasteiger charge is -2.13. The Morgan fingerprint density at radius 1 is 0.833 bits per heavy atom. The number of rotatable bonds is 0. The molecular formula is C14H26O4. The summed E-state index contributed by atoms with van der Waals surface area (Å²) >= 11 is 0. The van der Waals surface area contributed by atoms with Crippen LogP contribution < -0.4 is 0 Å². The highest BCUT2D eigenvalue weighted by Crippen LogP contribution is 2.14. The Balaban J connectivity index is 2.30. The van der Waals surface area contributed by atoms with Crippen molar-refractivity contribution in [1.82, 2.24) is 0 Å². The maximum Gasteiger partial charge on any atom is 0.305 e. The summed E-state index contributed by atoms with van der Waals surface area (Å²) in [6, 6.07) is 0. The van der Waals surface area contributed by atoms with Crippen molar-refractivity contribution < 1.29 is 19.7 Å². The predicted octanol–water partition coefficient (Wildman–Crippen LogP) is 2.17. The van der Waals surface area contributed by atoms with Crippen LogP contribution in [0.2, 0.25) is 0 Å². The van der Waals surface area contributed by atoms with Crippen molar-refractivity contribution in [2.75, 3.05) is 6.61 Å². The van der Waals surface area contributed by atoms with Crippen LogP contribution >= 0.6 is 0 Å². The molecule has 0 radical (unpaired) electrons. The minimum absolute atomic E-state index is 0.126. The third-order valence-electron chi connectivity index (χ3n) is 3.45. The maximum absolute atomic E-state index is 11.3. The molecule has 1 aliphatic rings. The molecule has 0 aromatic carbocycles. The molecule has 1 heterocycles. The van der Waals surface area contributed by atoms with Crippen molar-refractivity contribution >= 4 is 5.97 Å². The lowest BCUT2D eigenvalue weighted by Crippen LogP contribution is -2.14. The van der Waals surface area contributed by atoms with Gasteiger partial charge in [0.2, 0.25) is 0 Å². The van der Waals surface area contributed by atoms with E-state index < -0.39 is 0 Å². The quantitative estimate of drug-likeness (QED) is 0.653. The Kier molecular flexibility index (Phi) is 8.01.